The van der Waals surface area contributed by atoms with E-state index in [-0.39, 0.29) is 17.9 Å². The van der Waals surface area contributed by atoms with Crippen LogP contribution in [-0.4, -0.2) is 35.8 Å². The number of hydrogen-bond acceptors (Lipinski definition) is 3. The van der Waals surface area contributed by atoms with Crippen molar-refractivity contribution in [3.63, 3.8) is 0 Å². The molecule has 1 saturated carbocycles. The van der Waals surface area contributed by atoms with E-state index in [1.807, 2.05) is 53.4 Å². The van der Waals surface area contributed by atoms with Gasteiger partial charge in [0.15, 0.2) is 0 Å². The molecule has 31 heavy (non-hydrogen) atoms. The predicted octanol–water partition coefficient (Wildman–Crippen LogP) is 4.57. The summed E-state index contributed by atoms with van der Waals surface area (Å²) in [6, 6.07) is 17.4. The van der Waals surface area contributed by atoms with Crippen molar-refractivity contribution in [2.45, 2.75) is 57.6 Å². The molecule has 5 nitrogen and oxygen atoms in total. The summed E-state index contributed by atoms with van der Waals surface area (Å²) in [6.45, 7) is 1.94. The highest BCUT2D eigenvalue weighted by Crippen LogP contribution is 2.26. The van der Waals surface area contributed by atoms with Crippen LogP contribution in [0.3, 0.4) is 0 Å². The third-order valence-corrected chi connectivity index (χ3v) is 6.44. The summed E-state index contributed by atoms with van der Waals surface area (Å²) in [5.41, 5.74) is 1.69. The van der Waals surface area contributed by atoms with Crippen molar-refractivity contribution in [2.75, 3.05) is 13.1 Å². The van der Waals surface area contributed by atoms with Crippen molar-refractivity contribution in [3.05, 3.63) is 65.7 Å². The number of nitrogens with one attached hydrogen (secondary N) is 1. The Morgan fingerprint density at radius 1 is 0.903 bits per heavy atom. The lowest BCUT2D eigenvalue weighted by Crippen LogP contribution is -2.48. The lowest BCUT2D eigenvalue weighted by Gasteiger charge is -2.35. The topological polar surface area (TPSA) is 58.6 Å². The van der Waals surface area contributed by atoms with Crippen LogP contribution < -0.4 is 10.1 Å². The van der Waals surface area contributed by atoms with Gasteiger partial charge in [0.25, 0.3) is 5.91 Å². The molecule has 1 aliphatic heterocycles. The molecule has 2 amide bonds. The van der Waals surface area contributed by atoms with Crippen LogP contribution in [0.4, 0.5) is 0 Å². The monoisotopic (exact) mass is 420 g/mol. The van der Waals surface area contributed by atoms with Crippen LogP contribution in [0.25, 0.3) is 0 Å². The molecule has 164 valence electrons. The van der Waals surface area contributed by atoms with E-state index in [9.17, 15) is 9.59 Å². The summed E-state index contributed by atoms with van der Waals surface area (Å²) in [6.07, 6.45) is 7.32. The lowest BCUT2D eigenvalue weighted by atomic mass is 9.87. The van der Waals surface area contributed by atoms with Gasteiger partial charge in [-0.2, -0.15) is 0 Å². The first-order valence-corrected chi connectivity index (χ1v) is 11.6. The first kappa shape index (κ1) is 21.4. The number of rotatable bonds is 6. The quantitative estimate of drug-likeness (QED) is 0.745. The predicted molar refractivity (Wildman–Crippen MR) is 121 cm³/mol. The number of benzene rings is 2. The largest absolute Gasteiger partial charge is 0.489 e. The molecule has 2 aromatic carbocycles. The highest BCUT2D eigenvalue weighted by molar-refractivity contribution is 5.94. The Morgan fingerprint density at radius 3 is 2.39 bits per heavy atom. The second kappa shape index (κ2) is 10.5. The summed E-state index contributed by atoms with van der Waals surface area (Å²) in [4.78, 5) is 27.5. The van der Waals surface area contributed by atoms with E-state index >= 15 is 0 Å². The molecule has 0 aromatic heterocycles. The van der Waals surface area contributed by atoms with Crippen LogP contribution in [-0.2, 0) is 11.4 Å². The van der Waals surface area contributed by atoms with Crippen molar-refractivity contribution in [1.82, 2.24) is 10.2 Å². The number of amides is 2. The van der Waals surface area contributed by atoms with E-state index in [0.29, 0.717) is 23.8 Å². The normalized spacial score (nSPS) is 17.9. The van der Waals surface area contributed by atoms with E-state index < -0.39 is 0 Å². The van der Waals surface area contributed by atoms with E-state index in [2.05, 4.69) is 5.32 Å². The minimum atomic E-state index is -0.0813. The first-order chi connectivity index (χ1) is 15.2. The van der Waals surface area contributed by atoms with Crippen molar-refractivity contribution < 1.29 is 14.3 Å². The SMILES string of the molecule is O=C(NC1CCN(C(=O)C2CCCCC2)CC1)c1cccc(OCc2ccccc2)c1. The van der Waals surface area contributed by atoms with Gasteiger partial charge < -0.3 is 15.0 Å². The summed E-state index contributed by atoms with van der Waals surface area (Å²) < 4.78 is 5.85. The van der Waals surface area contributed by atoms with E-state index in [0.717, 1.165) is 44.3 Å². The smallest absolute Gasteiger partial charge is 0.251 e. The molecule has 1 heterocycles. The van der Waals surface area contributed by atoms with Gasteiger partial charge in [-0.1, -0.05) is 55.7 Å². The third kappa shape index (κ3) is 5.87. The zero-order valence-corrected chi connectivity index (χ0v) is 18.1. The first-order valence-electron chi connectivity index (χ1n) is 11.6. The maximum atomic E-state index is 12.8. The third-order valence-electron chi connectivity index (χ3n) is 6.44. The van der Waals surface area contributed by atoms with Gasteiger partial charge >= 0.3 is 0 Å². The Kier molecular flexibility index (Phi) is 7.23. The van der Waals surface area contributed by atoms with E-state index in [1.165, 1.54) is 19.3 Å². The standard InChI is InChI=1S/C26H32N2O3/c29-25(22-12-7-13-24(18-22)31-19-20-8-3-1-4-9-20)27-23-14-16-28(17-15-23)26(30)21-10-5-2-6-11-21/h1,3-4,7-9,12-13,18,21,23H,2,5-6,10-11,14-17,19H2,(H,27,29). The molecule has 0 spiro atoms. The molecule has 1 N–H and O–H groups in total. The van der Waals surface area contributed by atoms with Gasteiger partial charge in [-0.25, -0.2) is 0 Å². The second-order valence-electron chi connectivity index (χ2n) is 8.71. The second-order valence-corrected chi connectivity index (χ2v) is 8.71. The molecule has 5 heteroatoms. The molecule has 1 aliphatic carbocycles. The molecule has 2 aliphatic rings. The number of ether oxygens (including phenoxy) is 1. The molecule has 1 saturated heterocycles. The van der Waals surface area contributed by atoms with Crippen LogP contribution in [0.2, 0.25) is 0 Å². The zero-order chi connectivity index (χ0) is 21.5. The lowest BCUT2D eigenvalue weighted by molar-refractivity contribution is -0.137. The van der Waals surface area contributed by atoms with E-state index in [1.54, 1.807) is 6.07 Å². The highest BCUT2D eigenvalue weighted by atomic mass is 16.5. The molecule has 4 rings (SSSR count). The Balaban J connectivity index is 1.25. The number of likely N-dealkylation sites (tertiary alicyclic amines) is 1. The number of nitrogens with zero attached hydrogens (tertiary/aromatic N) is 1. The molecule has 0 radical (unpaired) electrons. The summed E-state index contributed by atoms with van der Waals surface area (Å²) in [5.74, 6) is 1.15. The minimum Gasteiger partial charge on any atom is -0.489 e. The van der Waals surface area contributed by atoms with Gasteiger partial charge in [-0.3, -0.25) is 9.59 Å². The average molecular weight is 421 g/mol. The number of carbonyl (C=O) groups is 2. The van der Waals surface area contributed by atoms with E-state index in [4.69, 9.17) is 4.74 Å². The van der Waals surface area contributed by atoms with Crippen LogP contribution in [0.15, 0.2) is 54.6 Å². The maximum Gasteiger partial charge on any atom is 0.251 e. The molecule has 0 atom stereocenters. The highest BCUT2D eigenvalue weighted by Gasteiger charge is 2.29. The molecule has 2 aromatic rings. The van der Waals surface area contributed by atoms with Gasteiger partial charge in [0.05, 0.1) is 0 Å². The summed E-state index contributed by atoms with van der Waals surface area (Å²) in [7, 11) is 0. The Hall–Kier alpha value is -2.82. The zero-order valence-electron chi connectivity index (χ0n) is 18.1. The minimum absolute atomic E-state index is 0.0813. The maximum absolute atomic E-state index is 12.8. The number of hydrogen-bond donors (Lipinski definition) is 1. The Bertz CT molecular complexity index is 869. The Morgan fingerprint density at radius 2 is 1.65 bits per heavy atom. The van der Waals surface area contributed by atoms with Gasteiger partial charge in [0.2, 0.25) is 5.91 Å². The molecular weight excluding hydrogens is 388 g/mol. The van der Waals surface area contributed by atoms with Crippen LogP contribution in [0.5, 0.6) is 5.75 Å². The molecular formula is C26H32N2O3. The van der Waals surface area contributed by atoms with Gasteiger partial charge in [-0.15, -0.1) is 0 Å². The summed E-state index contributed by atoms with van der Waals surface area (Å²) in [5, 5.41) is 3.14. The number of carbonyl (C=O) groups excluding carboxylic acids is 2. The van der Waals surface area contributed by atoms with Gasteiger partial charge in [0.1, 0.15) is 12.4 Å². The van der Waals surface area contributed by atoms with Crippen molar-refractivity contribution in [2.24, 2.45) is 5.92 Å². The van der Waals surface area contributed by atoms with Crippen LogP contribution >= 0.6 is 0 Å². The Labute approximate surface area is 184 Å². The van der Waals surface area contributed by atoms with Crippen molar-refractivity contribution in [3.8, 4) is 5.75 Å². The van der Waals surface area contributed by atoms with Crippen LogP contribution in [0.1, 0.15) is 60.9 Å². The molecule has 0 unspecified atom stereocenters. The fourth-order valence-corrected chi connectivity index (χ4v) is 4.59. The molecule has 2 fully saturated rings. The average Bonchev–Trinajstić information content (AvgIpc) is 2.84. The van der Waals surface area contributed by atoms with Gasteiger partial charge in [0, 0.05) is 30.6 Å². The summed E-state index contributed by atoms with van der Waals surface area (Å²) >= 11 is 0. The fourth-order valence-electron chi connectivity index (χ4n) is 4.59. The fraction of sp³-hybridized carbons (Fsp3) is 0.462. The van der Waals surface area contributed by atoms with Crippen molar-refractivity contribution >= 4 is 11.8 Å². The number of piperidine rings is 1. The van der Waals surface area contributed by atoms with Gasteiger partial charge in [-0.05, 0) is 49.4 Å². The van der Waals surface area contributed by atoms with Crippen molar-refractivity contribution in [1.29, 1.82) is 0 Å². The van der Waals surface area contributed by atoms with Crippen LogP contribution in [0, 0.1) is 5.92 Å². The molecule has 0 bridgehead atoms.